The molecule has 0 aromatic heterocycles. The van der Waals surface area contributed by atoms with Gasteiger partial charge in [0.1, 0.15) is 6.61 Å². The van der Waals surface area contributed by atoms with Gasteiger partial charge in [-0.2, -0.15) is 0 Å². The fourth-order valence-electron chi connectivity index (χ4n) is 3.09. The lowest BCUT2D eigenvalue weighted by Gasteiger charge is -2.15. The molecule has 0 bridgehead atoms. The van der Waals surface area contributed by atoms with Crippen LogP contribution in [0.1, 0.15) is 18.1 Å². The van der Waals surface area contributed by atoms with E-state index < -0.39 is 0 Å². The number of halogens is 2. The van der Waals surface area contributed by atoms with E-state index in [2.05, 4.69) is 10.3 Å². The first-order chi connectivity index (χ1) is 16.0. The Morgan fingerprint density at radius 3 is 2.52 bits per heavy atom. The number of carbonyl (C=O) groups is 1. The molecule has 1 heterocycles. The van der Waals surface area contributed by atoms with Crippen molar-refractivity contribution in [1.29, 1.82) is 0 Å². The number of nitrogens with zero attached hydrogens (tertiary/aromatic N) is 1. The first kappa shape index (κ1) is 23.2. The maximum absolute atomic E-state index is 12.5. The number of nitrogens with one attached hydrogen (secondary N) is 1. The van der Waals surface area contributed by atoms with Crippen LogP contribution in [0, 0.1) is 0 Å². The van der Waals surface area contributed by atoms with Gasteiger partial charge < -0.3 is 14.8 Å². The van der Waals surface area contributed by atoms with E-state index in [0.717, 1.165) is 11.3 Å². The van der Waals surface area contributed by atoms with E-state index in [4.69, 9.17) is 32.7 Å². The molecule has 1 N–H and O–H groups in total. The Morgan fingerprint density at radius 2 is 1.76 bits per heavy atom. The van der Waals surface area contributed by atoms with Crippen LogP contribution in [0.3, 0.4) is 0 Å². The maximum atomic E-state index is 12.5. The first-order valence-corrected chi connectivity index (χ1v) is 11.8. The van der Waals surface area contributed by atoms with Crippen LogP contribution in [0.4, 0.5) is 5.69 Å². The zero-order valence-corrected chi connectivity index (χ0v) is 20.0. The lowest BCUT2D eigenvalue weighted by molar-refractivity contribution is -0.115. The van der Waals surface area contributed by atoms with Crippen LogP contribution < -0.4 is 14.8 Å². The molecule has 0 atom stereocenters. The van der Waals surface area contributed by atoms with Gasteiger partial charge in [0, 0.05) is 10.6 Å². The molecular weight excluding hydrogens is 479 g/mol. The number of ether oxygens (including phenoxy) is 2. The third-order valence-electron chi connectivity index (χ3n) is 4.60. The Morgan fingerprint density at radius 1 is 1.00 bits per heavy atom. The standard InChI is InChI=1S/C25H20Cl2N2O3S/c1-2-31-21-13-16(12-20(27)23(21)32-15-17-8-6-7-11-19(17)26)14-22-24(30)29-25(33-22)28-18-9-4-3-5-10-18/h3-14H,2,15H2,1H3,(H,28,29,30). The summed E-state index contributed by atoms with van der Waals surface area (Å²) in [4.78, 5) is 17.4. The molecule has 4 rings (SSSR count). The molecule has 0 saturated carbocycles. The minimum Gasteiger partial charge on any atom is -0.490 e. The number of thioether (sulfide) groups is 1. The molecule has 1 aliphatic heterocycles. The minimum absolute atomic E-state index is 0.220. The highest BCUT2D eigenvalue weighted by atomic mass is 35.5. The zero-order chi connectivity index (χ0) is 23.2. The number of benzene rings is 3. The van der Waals surface area contributed by atoms with Gasteiger partial charge in [-0.15, -0.1) is 0 Å². The fraction of sp³-hybridized carbons (Fsp3) is 0.120. The number of aliphatic imine (C=N–C) groups is 1. The molecule has 168 valence electrons. The topological polar surface area (TPSA) is 59.9 Å². The smallest absolute Gasteiger partial charge is 0.264 e. The van der Waals surface area contributed by atoms with Gasteiger partial charge in [-0.3, -0.25) is 4.79 Å². The number of hydrogen-bond acceptors (Lipinski definition) is 5. The molecule has 0 unspecified atom stereocenters. The number of carbonyl (C=O) groups excluding carboxylic acids is 1. The summed E-state index contributed by atoms with van der Waals surface area (Å²) in [5.41, 5.74) is 2.32. The van der Waals surface area contributed by atoms with E-state index in [0.29, 0.717) is 43.8 Å². The molecule has 8 heteroatoms. The number of amidine groups is 1. The van der Waals surface area contributed by atoms with E-state index >= 15 is 0 Å². The fourth-order valence-corrected chi connectivity index (χ4v) is 4.40. The van der Waals surface area contributed by atoms with Crippen LogP contribution >= 0.6 is 35.0 Å². The van der Waals surface area contributed by atoms with Crippen LogP contribution in [0.15, 0.2) is 76.6 Å². The lowest BCUT2D eigenvalue weighted by atomic mass is 10.1. The molecule has 3 aromatic rings. The molecule has 1 fully saturated rings. The van der Waals surface area contributed by atoms with Crippen LogP contribution in [0.2, 0.25) is 10.0 Å². The van der Waals surface area contributed by atoms with Crippen molar-refractivity contribution in [2.45, 2.75) is 13.5 Å². The summed E-state index contributed by atoms with van der Waals surface area (Å²) >= 11 is 14.0. The molecule has 0 spiro atoms. The molecule has 1 saturated heterocycles. The molecule has 0 radical (unpaired) electrons. The van der Waals surface area contributed by atoms with E-state index in [1.54, 1.807) is 24.3 Å². The van der Waals surface area contributed by atoms with Crippen LogP contribution in [0.25, 0.3) is 6.08 Å². The third-order valence-corrected chi connectivity index (χ3v) is 6.16. The van der Waals surface area contributed by atoms with Gasteiger partial charge in [-0.1, -0.05) is 59.6 Å². The van der Waals surface area contributed by atoms with Crippen molar-refractivity contribution in [3.8, 4) is 11.5 Å². The summed E-state index contributed by atoms with van der Waals surface area (Å²) in [5, 5.41) is 4.30. The van der Waals surface area contributed by atoms with Crippen molar-refractivity contribution < 1.29 is 14.3 Å². The minimum atomic E-state index is -0.220. The summed E-state index contributed by atoms with van der Waals surface area (Å²) in [5.74, 6) is 0.698. The molecule has 5 nitrogen and oxygen atoms in total. The van der Waals surface area contributed by atoms with Crippen molar-refractivity contribution in [1.82, 2.24) is 5.32 Å². The number of rotatable bonds is 7. The normalized spacial score (nSPS) is 15.7. The molecule has 1 aliphatic rings. The first-order valence-electron chi connectivity index (χ1n) is 10.2. The zero-order valence-electron chi connectivity index (χ0n) is 17.7. The predicted molar refractivity (Wildman–Crippen MR) is 136 cm³/mol. The van der Waals surface area contributed by atoms with Gasteiger partial charge in [0.05, 0.1) is 22.2 Å². The molecular formula is C25H20Cl2N2O3S. The van der Waals surface area contributed by atoms with Gasteiger partial charge in [-0.25, -0.2) is 4.99 Å². The summed E-state index contributed by atoms with van der Waals surface area (Å²) in [6.45, 7) is 2.56. The van der Waals surface area contributed by atoms with Gasteiger partial charge in [0.25, 0.3) is 5.91 Å². The number of para-hydroxylation sites is 1. The van der Waals surface area contributed by atoms with E-state index in [9.17, 15) is 4.79 Å². The third kappa shape index (κ3) is 5.90. The Labute approximate surface area is 206 Å². The van der Waals surface area contributed by atoms with E-state index in [1.165, 1.54) is 11.8 Å². The highest BCUT2D eigenvalue weighted by Crippen LogP contribution is 2.39. The van der Waals surface area contributed by atoms with Gasteiger partial charge in [0.15, 0.2) is 16.7 Å². The van der Waals surface area contributed by atoms with Gasteiger partial charge >= 0.3 is 0 Å². The second-order valence-electron chi connectivity index (χ2n) is 6.96. The average molecular weight is 499 g/mol. The highest BCUT2D eigenvalue weighted by molar-refractivity contribution is 8.18. The maximum Gasteiger partial charge on any atom is 0.264 e. The monoisotopic (exact) mass is 498 g/mol. The summed E-state index contributed by atoms with van der Waals surface area (Å²) in [6.07, 6.45) is 1.75. The molecule has 1 amide bonds. The second-order valence-corrected chi connectivity index (χ2v) is 8.81. The summed E-state index contributed by atoms with van der Waals surface area (Å²) < 4.78 is 11.7. The van der Waals surface area contributed by atoms with Crippen LogP contribution in [-0.2, 0) is 11.4 Å². The predicted octanol–water partition coefficient (Wildman–Crippen LogP) is 6.86. The van der Waals surface area contributed by atoms with E-state index in [1.807, 2.05) is 55.5 Å². The SMILES string of the molecule is CCOc1cc(C=C2SC(=Nc3ccccc3)NC2=O)cc(Cl)c1OCc1ccccc1Cl. The Bertz CT molecular complexity index is 1230. The highest BCUT2D eigenvalue weighted by Gasteiger charge is 2.24. The molecule has 3 aromatic carbocycles. The van der Waals surface area contributed by atoms with Crippen molar-refractivity contribution in [3.05, 3.63) is 92.8 Å². The lowest BCUT2D eigenvalue weighted by Crippen LogP contribution is -2.19. The number of amides is 1. The quantitative estimate of drug-likeness (QED) is 0.361. The Hall–Kier alpha value is -2.93. The second kappa shape index (κ2) is 10.8. The van der Waals surface area contributed by atoms with Crippen molar-refractivity contribution >= 4 is 57.8 Å². The number of hydrogen-bond donors (Lipinski definition) is 1. The van der Waals surface area contributed by atoms with Crippen molar-refractivity contribution in [2.24, 2.45) is 4.99 Å². The van der Waals surface area contributed by atoms with Gasteiger partial charge in [0.2, 0.25) is 0 Å². The van der Waals surface area contributed by atoms with Crippen LogP contribution in [0.5, 0.6) is 11.5 Å². The summed E-state index contributed by atoms with van der Waals surface area (Å²) in [6, 6.07) is 20.4. The Kier molecular flexibility index (Phi) is 7.60. The van der Waals surface area contributed by atoms with Gasteiger partial charge in [-0.05, 0) is 60.7 Å². The average Bonchev–Trinajstić information content (AvgIpc) is 3.13. The van der Waals surface area contributed by atoms with Crippen LogP contribution in [-0.4, -0.2) is 17.7 Å². The van der Waals surface area contributed by atoms with E-state index in [-0.39, 0.29) is 12.5 Å². The van der Waals surface area contributed by atoms with Crippen molar-refractivity contribution in [2.75, 3.05) is 6.61 Å². The Balaban J connectivity index is 1.57. The molecule has 33 heavy (non-hydrogen) atoms. The molecule has 0 aliphatic carbocycles. The summed E-state index contributed by atoms with van der Waals surface area (Å²) in [7, 11) is 0. The van der Waals surface area contributed by atoms with Crippen molar-refractivity contribution in [3.63, 3.8) is 0 Å². The largest absolute Gasteiger partial charge is 0.490 e.